The summed E-state index contributed by atoms with van der Waals surface area (Å²) in [6.07, 6.45) is 0. The molecule has 14 nitrogen and oxygen atoms in total. The number of halogens is 4. The van der Waals surface area contributed by atoms with E-state index in [1.807, 2.05) is 0 Å². The lowest BCUT2D eigenvalue weighted by Gasteiger charge is -2.45. The van der Waals surface area contributed by atoms with Gasteiger partial charge < -0.3 is 47.7 Å². The van der Waals surface area contributed by atoms with E-state index in [9.17, 15) is 9.59 Å². The molecule has 5 aromatic rings. The number of fused-ring (bicyclic) bond motifs is 4. The fourth-order valence-corrected chi connectivity index (χ4v) is 9.03. The molecule has 0 bridgehead atoms. The highest BCUT2D eigenvalue weighted by Crippen LogP contribution is 2.52. The number of nitrogens with zero attached hydrogens (tertiary/aromatic N) is 4. The van der Waals surface area contributed by atoms with Crippen molar-refractivity contribution in [2.24, 2.45) is 9.98 Å². The summed E-state index contributed by atoms with van der Waals surface area (Å²) in [5, 5.41) is -1.08. The SMILES string of the molecule is COc1cc(C2C(Cl)C(=O)N2c2ccc3c(c2)Oc2c(Cl)c4c(c(Cl)c2=N3)Oc2cc(N3C(=O)C(Cl)C3c3cc(OC)c(OC)c(OC)c3)ccc2N=4)cc(OC)c1OC. The van der Waals surface area contributed by atoms with E-state index >= 15 is 0 Å². The Labute approximate surface area is 362 Å². The second kappa shape index (κ2) is 15.0. The molecule has 0 aromatic heterocycles. The van der Waals surface area contributed by atoms with E-state index in [0.29, 0.717) is 79.9 Å². The van der Waals surface area contributed by atoms with Crippen LogP contribution in [0.15, 0.2) is 70.6 Å². The summed E-state index contributed by atoms with van der Waals surface area (Å²) >= 11 is 27.2. The van der Waals surface area contributed by atoms with E-state index in [0.717, 1.165) is 0 Å². The van der Waals surface area contributed by atoms with Gasteiger partial charge >= 0.3 is 0 Å². The van der Waals surface area contributed by atoms with Crippen molar-refractivity contribution < 1.29 is 47.5 Å². The monoisotopic (exact) mass is 892 g/mol. The molecule has 5 aromatic carbocycles. The number of ether oxygens (including phenoxy) is 8. The van der Waals surface area contributed by atoms with Crippen LogP contribution >= 0.6 is 46.4 Å². The summed E-state index contributed by atoms with van der Waals surface area (Å²) in [5.74, 6) is 2.80. The molecule has 60 heavy (non-hydrogen) atoms. The minimum atomic E-state index is -0.859. The number of carbonyl (C=O) groups is 2. The van der Waals surface area contributed by atoms with Gasteiger partial charge in [0.1, 0.15) is 42.9 Å². The molecule has 4 aliphatic heterocycles. The lowest BCUT2D eigenvalue weighted by Crippen LogP contribution is -2.56. The number of carbonyl (C=O) groups excluding carboxylic acids is 2. The molecule has 4 aliphatic rings. The fraction of sp³-hybridized carbons (Fsp3) is 0.238. The van der Waals surface area contributed by atoms with Crippen LogP contribution in [0.5, 0.6) is 57.5 Å². The zero-order valence-electron chi connectivity index (χ0n) is 32.5. The third-order valence-corrected chi connectivity index (χ3v) is 12.2. The Morgan fingerprint density at radius 2 is 0.883 bits per heavy atom. The maximum atomic E-state index is 13.3. The average Bonchev–Trinajstić information content (AvgIpc) is 3.28. The smallest absolute Gasteiger partial charge is 0.248 e. The number of alkyl halides is 2. The Hall–Kier alpha value is -5.80. The summed E-state index contributed by atoms with van der Waals surface area (Å²) in [6, 6.07) is 16.1. The molecule has 18 heteroatoms. The van der Waals surface area contributed by atoms with Gasteiger partial charge in [-0.2, -0.15) is 0 Å². The summed E-state index contributed by atoms with van der Waals surface area (Å²) < 4.78 is 45.9. The molecule has 2 saturated heterocycles. The first-order chi connectivity index (χ1) is 29.0. The van der Waals surface area contributed by atoms with Gasteiger partial charge in [-0.1, -0.05) is 23.2 Å². The third kappa shape index (κ3) is 5.91. The Morgan fingerprint density at radius 1 is 0.533 bits per heavy atom. The summed E-state index contributed by atoms with van der Waals surface area (Å²) in [5.41, 5.74) is 3.19. The van der Waals surface area contributed by atoms with Gasteiger partial charge in [-0.3, -0.25) is 9.59 Å². The first kappa shape index (κ1) is 39.6. The van der Waals surface area contributed by atoms with Gasteiger partial charge in [0, 0.05) is 23.5 Å². The van der Waals surface area contributed by atoms with Crippen LogP contribution in [0.2, 0.25) is 10.0 Å². The zero-order chi connectivity index (χ0) is 42.3. The van der Waals surface area contributed by atoms with Crippen LogP contribution in [0.4, 0.5) is 22.7 Å². The molecular formula is C42H32Cl4N4O10. The number of amides is 2. The molecule has 2 amide bonds. The largest absolute Gasteiger partial charge is 0.493 e. The molecule has 0 aliphatic carbocycles. The lowest BCUT2D eigenvalue weighted by molar-refractivity contribution is -0.124. The number of anilines is 2. The number of β-lactam (4-membered cyclic amide) rings is 2. The lowest BCUT2D eigenvalue weighted by atomic mass is 9.91. The van der Waals surface area contributed by atoms with E-state index < -0.39 is 22.8 Å². The molecule has 9 rings (SSSR count). The number of benzene rings is 5. The maximum Gasteiger partial charge on any atom is 0.248 e. The van der Waals surface area contributed by atoms with Gasteiger partial charge in [-0.05, 0) is 59.7 Å². The van der Waals surface area contributed by atoms with Crippen LogP contribution in [0, 0.1) is 0 Å². The van der Waals surface area contributed by atoms with Crippen molar-refractivity contribution in [3.05, 3.63) is 92.6 Å². The predicted molar refractivity (Wildman–Crippen MR) is 223 cm³/mol. The van der Waals surface area contributed by atoms with Crippen molar-refractivity contribution in [2.45, 2.75) is 22.8 Å². The van der Waals surface area contributed by atoms with Crippen LogP contribution in [-0.4, -0.2) is 65.2 Å². The molecule has 0 radical (unpaired) electrons. The summed E-state index contributed by atoms with van der Waals surface area (Å²) in [6.45, 7) is 0. The van der Waals surface area contributed by atoms with Crippen molar-refractivity contribution in [3.8, 4) is 57.5 Å². The van der Waals surface area contributed by atoms with Gasteiger partial charge in [-0.15, -0.1) is 23.2 Å². The van der Waals surface area contributed by atoms with Gasteiger partial charge in [-0.25, -0.2) is 9.98 Å². The Balaban J connectivity index is 1.04. The predicted octanol–water partition coefficient (Wildman–Crippen LogP) is 8.55. The summed E-state index contributed by atoms with van der Waals surface area (Å²) in [4.78, 5) is 39.3. The van der Waals surface area contributed by atoms with Gasteiger partial charge in [0.2, 0.25) is 23.3 Å². The minimum absolute atomic E-state index is 0.0976. The zero-order valence-corrected chi connectivity index (χ0v) is 35.5. The highest BCUT2D eigenvalue weighted by Gasteiger charge is 2.50. The molecule has 0 spiro atoms. The summed E-state index contributed by atoms with van der Waals surface area (Å²) in [7, 11) is 9.06. The highest BCUT2D eigenvalue weighted by atomic mass is 35.5. The van der Waals surface area contributed by atoms with E-state index in [4.69, 9.17) is 94.3 Å². The van der Waals surface area contributed by atoms with E-state index in [2.05, 4.69) is 0 Å². The standard InChI is InChI=1S/C42H32Cl4N4O10/c1-53-25-11-17(12-26(54-2)37(25)57-5)35-31(45)41(51)49(35)19-7-9-21-23(15-19)59-39-29(43)34-40(30(44)33(39)47-21)60-24-16-20(8-10-22(24)48-34)50-36(32(46)42(50)52)18-13-27(55-3)38(58-6)28(14-18)56-4/h7-16,31-32,35-36H,1-6H3. The van der Waals surface area contributed by atoms with Crippen molar-refractivity contribution in [2.75, 3.05) is 52.5 Å². The Bertz CT molecular complexity index is 2570. The molecule has 0 N–H and O–H groups in total. The third-order valence-electron chi connectivity index (χ3n) is 10.7. The normalized spacial score (nSPS) is 19.4. The molecule has 4 atom stereocenters. The minimum Gasteiger partial charge on any atom is -0.493 e. The van der Waals surface area contributed by atoms with Crippen LogP contribution in [0.1, 0.15) is 23.2 Å². The van der Waals surface area contributed by atoms with Crippen molar-refractivity contribution in [1.29, 1.82) is 0 Å². The van der Waals surface area contributed by atoms with Crippen molar-refractivity contribution >= 4 is 81.0 Å². The molecule has 2 fully saturated rings. The Kier molecular flexibility index (Phi) is 9.93. The van der Waals surface area contributed by atoms with Crippen molar-refractivity contribution in [3.63, 3.8) is 0 Å². The van der Waals surface area contributed by atoms with Crippen LogP contribution in [0.25, 0.3) is 0 Å². The van der Waals surface area contributed by atoms with Gasteiger partial charge in [0.15, 0.2) is 46.0 Å². The molecule has 4 unspecified atom stereocenters. The number of hydrogen-bond acceptors (Lipinski definition) is 12. The van der Waals surface area contributed by atoms with E-state index in [1.54, 1.807) is 70.5 Å². The first-order valence-electron chi connectivity index (χ1n) is 18.1. The van der Waals surface area contributed by atoms with Gasteiger partial charge in [0.25, 0.3) is 0 Å². The second-order valence-corrected chi connectivity index (χ2v) is 15.4. The fourth-order valence-electron chi connectivity index (χ4n) is 7.79. The van der Waals surface area contributed by atoms with Crippen LogP contribution in [0.3, 0.4) is 0 Å². The first-order valence-corrected chi connectivity index (χ1v) is 19.8. The molecular weight excluding hydrogens is 862 g/mol. The second-order valence-electron chi connectivity index (χ2n) is 13.7. The molecule has 308 valence electrons. The van der Waals surface area contributed by atoms with Crippen LogP contribution < -0.4 is 58.4 Å². The van der Waals surface area contributed by atoms with Crippen LogP contribution in [-0.2, 0) is 9.59 Å². The maximum absolute atomic E-state index is 13.3. The average molecular weight is 895 g/mol. The number of rotatable bonds is 10. The molecule has 4 heterocycles. The Morgan fingerprint density at radius 3 is 1.20 bits per heavy atom. The molecule has 0 saturated carbocycles. The van der Waals surface area contributed by atoms with E-state index in [-0.39, 0.29) is 44.1 Å². The quantitative estimate of drug-likeness (QED) is 0.0970. The highest BCUT2D eigenvalue weighted by molar-refractivity contribution is 6.38. The topological polar surface area (TPSA) is 139 Å². The number of hydrogen-bond donors (Lipinski definition) is 0. The van der Waals surface area contributed by atoms with Gasteiger partial charge in [0.05, 0.1) is 54.7 Å². The van der Waals surface area contributed by atoms with Crippen molar-refractivity contribution in [1.82, 2.24) is 0 Å². The number of methoxy groups -OCH3 is 6. The van der Waals surface area contributed by atoms with E-state index in [1.165, 1.54) is 42.7 Å².